The van der Waals surface area contributed by atoms with E-state index in [4.69, 9.17) is 9.84 Å². The van der Waals surface area contributed by atoms with Crippen molar-refractivity contribution >= 4 is 23.5 Å². The zero-order valence-electron chi connectivity index (χ0n) is 15.1. The molecule has 0 fully saturated rings. The van der Waals surface area contributed by atoms with Crippen LogP contribution in [-0.2, 0) is 14.3 Å². The van der Waals surface area contributed by atoms with Gasteiger partial charge in [-0.1, -0.05) is 13.8 Å². The minimum atomic E-state index is -1.11. The van der Waals surface area contributed by atoms with Crippen LogP contribution < -0.4 is 10.6 Å². The average molecular weight is 350 g/mol. The molecule has 0 radical (unpaired) electrons. The van der Waals surface area contributed by atoms with Gasteiger partial charge in [0, 0.05) is 37.8 Å². The molecule has 7 nitrogen and oxygen atoms in total. The number of benzene rings is 1. The molecular formula is C18H26N2O5. The van der Waals surface area contributed by atoms with Crippen LogP contribution in [0.1, 0.15) is 42.6 Å². The molecule has 0 spiro atoms. The van der Waals surface area contributed by atoms with Crippen molar-refractivity contribution in [2.75, 3.05) is 19.0 Å². The molecule has 0 bridgehead atoms. The van der Waals surface area contributed by atoms with Gasteiger partial charge in [-0.25, -0.2) is 4.79 Å². The van der Waals surface area contributed by atoms with Gasteiger partial charge < -0.3 is 20.5 Å². The molecule has 25 heavy (non-hydrogen) atoms. The van der Waals surface area contributed by atoms with Crippen molar-refractivity contribution in [3.05, 3.63) is 29.3 Å². The number of nitrogens with one attached hydrogen (secondary N) is 2. The molecule has 0 saturated heterocycles. The van der Waals surface area contributed by atoms with Gasteiger partial charge in [0.05, 0.1) is 0 Å². The molecule has 2 amide bonds. The number of methoxy groups -OCH3 is 1. The van der Waals surface area contributed by atoms with Crippen LogP contribution in [0.4, 0.5) is 5.69 Å². The first-order valence-corrected chi connectivity index (χ1v) is 8.17. The number of carbonyl (C=O) groups excluding carboxylic acids is 2. The van der Waals surface area contributed by atoms with Gasteiger partial charge in [-0.05, 0) is 36.6 Å². The predicted molar refractivity (Wildman–Crippen MR) is 94.6 cm³/mol. The lowest BCUT2D eigenvalue weighted by Gasteiger charge is -2.15. The molecule has 0 aliphatic heterocycles. The van der Waals surface area contributed by atoms with Gasteiger partial charge in [0.25, 0.3) is 5.91 Å². The first-order chi connectivity index (χ1) is 11.7. The van der Waals surface area contributed by atoms with E-state index < -0.39 is 17.9 Å². The number of hydrogen-bond acceptors (Lipinski definition) is 4. The van der Waals surface area contributed by atoms with Gasteiger partial charge in [0.2, 0.25) is 5.91 Å². The number of aliphatic carboxylic acids is 1. The van der Waals surface area contributed by atoms with Gasteiger partial charge >= 0.3 is 5.97 Å². The first kappa shape index (κ1) is 20.6. The van der Waals surface area contributed by atoms with Crippen LogP contribution in [-0.4, -0.2) is 42.6 Å². The summed E-state index contributed by atoms with van der Waals surface area (Å²) in [6.45, 7) is 5.93. The van der Waals surface area contributed by atoms with Gasteiger partial charge in [-0.3, -0.25) is 9.59 Å². The standard InChI is InChI=1S/C18H26N2O5/c1-11(2)9-16(21)19-14-6-5-13(10-12(14)3)17(22)20-15(18(23)24)7-8-25-4/h5-6,10-11,15H,7-9H2,1-4H3,(H,19,21)(H,20,22)(H,23,24). The summed E-state index contributed by atoms with van der Waals surface area (Å²) in [7, 11) is 1.47. The number of carbonyl (C=O) groups is 3. The Bertz CT molecular complexity index is 628. The Morgan fingerprint density at radius 1 is 1.24 bits per heavy atom. The van der Waals surface area contributed by atoms with E-state index in [0.717, 1.165) is 5.56 Å². The Balaban J connectivity index is 2.79. The van der Waals surface area contributed by atoms with Crippen LogP contribution in [0.15, 0.2) is 18.2 Å². The van der Waals surface area contributed by atoms with E-state index in [2.05, 4.69) is 10.6 Å². The summed E-state index contributed by atoms with van der Waals surface area (Å²) in [5.41, 5.74) is 1.70. The Kier molecular flexibility index (Phi) is 8.07. The fourth-order valence-electron chi connectivity index (χ4n) is 2.25. The van der Waals surface area contributed by atoms with Gasteiger partial charge in [0.15, 0.2) is 0 Å². The fraction of sp³-hybridized carbons (Fsp3) is 0.500. The average Bonchev–Trinajstić information content (AvgIpc) is 2.52. The number of ether oxygens (including phenoxy) is 1. The second-order valence-corrected chi connectivity index (χ2v) is 6.32. The fourth-order valence-corrected chi connectivity index (χ4v) is 2.25. The van der Waals surface area contributed by atoms with E-state index in [9.17, 15) is 14.4 Å². The Morgan fingerprint density at radius 3 is 2.44 bits per heavy atom. The Hall–Kier alpha value is -2.41. The summed E-state index contributed by atoms with van der Waals surface area (Å²) in [4.78, 5) is 35.3. The van der Waals surface area contributed by atoms with Gasteiger partial charge in [-0.2, -0.15) is 0 Å². The zero-order chi connectivity index (χ0) is 19.0. The van der Waals surface area contributed by atoms with E-state index in [0.29, 0.717) is 17.7 Å². The normalized spacial score (nSPS) is 11.9. The molecule has 1 rings (SSSR count). The van der Waals surface area contributed by atoms with Crippen molar-refractivity contribution in [3.63, 3.8) is 0 Å². The summed E-state index contributed by atoms with van der Waals surface area (Å²) >= 11 is 0. The molecule has 0 aromatic heterocycles. The lowest BCUT2D eigenvalue weighted by Crippen LogP contribution is -2.41. The van der Waals surface area contributed by atoms with Gasteiger partial charge in [-0.15, -0.1) is 0 Å². The van der Waals surface area contributed by atoms with E-state index >= 15 is 0 Å². The molecule has 138 valence electrons. The maximum Gasteiger partial charge on any atom is 0.326 e. The molecule has 0 saturated carbocycles. The van der Waals surface area contributed by atoms with Crippen LogP contribution in [0.5, 0.6) is 0 Å². The minimum absolute atomic E-state index is 0.0826. The summed E-state index contributed by atoms with van der Waals surface area (Å²) in [5, 5.41) is 14.4. The van der Waals surface area contributed by atoms with Crippen molar-refractivity contribution in [2.24, 2.45) is 5.92 Å². The number of hydrogen-bond donors (Lipinski definition) is 3. The highest BCUT2D eigenvalue weighted by molar-refractivity contribution is 5.98. The minimum Gasteiger partial charge on any atom is -0.480 e. The maximum absolute atomic E-state index is 12.3. The van der Waals surface area contributed by atoms with Crippen molar-refractivity contribution in [2.45, 2.75) is 39.7 Å². The van der Waals surface area contributed by atoms with Crippen LogP contribution in [0, 0.1) is 12.8 Å². The van der Waals surface area contributed by atoms with Crippen LogP contribution >= 0.6 is 0 Å². The highest BCUT2D eigenvalue weighted by Gasteiger charge is 2.20. The molecule has 1 aromatic carbocycles. The number of carboxylic acid groups (broad SMARTS) is 1. The van der Waals surface area contributed by atoms with Crippen molar-refractivity contribution in [3.8, 4) is 0 Å². The highest BCUT2D eigenvalue weighted by atomic mass is 16.5. The first-order valence-electron chi connectivity index (χ1n) is 8.17. The number of carboxylic acids is 1. The third-order valence-corrected chi connectivity index (χ3v) is 3.57. The van der Waals surface area contributed by atoms with E-state index in [1.54, 1.807) is 25.1 Å². The van der Waals surface area contributed by atoms with Crippen LogP contribution in [0.2, 0.25) is 0 Å². The van der Waals surface area contributed by atoms with Crippen molar-refractivity contribution in [1.82, 2.24) is 5.32 Å². The monoisotopic (exact) mass is 350 g/mol. The van der Waals surface area contributed by atoms with E-state index in [-0.39, 0.29) is 24.9 Å². The summed E-state index contributed by atoms with van der Waals surface area (Å²) in [6, 6.07) is 3.81. The van der Waals surface area contributed by atoms with Gasteiger partial charge in [0.1, 0.15) is 6.04 Å². The van der Waals surface area contributed by atoms with Crippen LogP contribution in [0.3, 0.4) is 0 Å². The largest absolute Gasteiger partial charge is 0.480 e. The molecular weight excluding hydrogens is 324 g/mol. The second kappa shape index (κ2) is 9.78. The SMILES string of the molecule is COCCC(NC(=O)c1ccc(NC(=O)CC(C)C)c(C)c1)C(=O)O. The predicted octanol–water partition coefficient (Wildman–Crippen LogP) is 2.20. The number of amides is 2. The molecule has 3 N–H and O–H groups in total. The van der Waals surface area contributed by atoms with E-state index in [1.807, 2.05) is 13.8 Å². The number of aryl methyl sites for hydroxylation is 1. The smallest absolute Gasteiger partial charge is 0.326 e. The summed E-state index contributed by atoms with van der Waals surface area (Å²) in [6.07, 6.45) is 0.599. The molecule has 0 aliphatic rings. The molecule has 0 heterocycles. The third-order valence-electron chi connectivity index (χ3n) is 3.57. The maximum atomic E-state index is 12.3. The molecule has 1 aromatic rings. The summed E-state index contributed by atoms with van der Waals surface area (Å²) in [5.74, 6) is -1.42. The van der Waals surface area contributed by atoms with Crippen LogP contribution in [0.25, 0.3) is 0 Å². The Labute approximate surface area is 147 Å². The lowest BCUT2D eigenvalue weighted by molar-refractivity contribution is -0.139. The highest BCUT2D eigenvalue weighted by Crippen LogP contribution is 2.17. The topological polar surface area (TPSA) is 105 Å². The third kappa shape index (κ3) is 6.93. The molecule has 7 heteroatoms. The zero-order valence-corrected chi connectivity index (χ0v) is 15.1. The molecule has 1 unspecified atom stereocenters. The Morgan fingerprint density at radius 2 is 1.92 bits per heavy atom. The lowest BCUT2D eigenvalue weighted by atomic mass is 10.1. The quantitative estimate of drug-likeness (QED) is 0.633. The van der Waals surface area contributed by atoms with E-state index in [1.165, 1.54) is 7.11 Å². The molecule has 0 aliphatic carbocycles. The number of anilines is 1. The number of rotatable bonds is 9. The second-order valence-electron chi connectivity index (χ2n) is 6.32. The van der Waals surface area contributed by atoms with Crippen molar-refractivity contribution < 1.29 is 24.2 Å². The summed E-state index contributed by atoms with van der Waals surface area (Å²) < 4.78 is 4.85. The molecule has 1 atom stereocenters. The van der Waals surface area contributed by atoms with Crippen molar-refractivity contribution in [1.29, 1.82) is 0 Å².